The second-order valence-corrected chi connectivity index (χ2v) is 2.01. The quantitative estimate of drug-likeness (QED) is 0.592. The second kappa shape index (κ2) is 5.96. The fourth-order valence-corrected chi connectivity index (χ4v) is 0.567. The van der Waals surface area contributed by atoms with Crippen LogP contribution in [0.25, 0.3) is 0 Å². The predicted molar refractivity (Wildman–Crippen MR) is 45.6 cm³/mol. The van der Waals surface area contributed by atoms with Crippen LogP contribution in [-0.4, -0.2) is 32.9 Å². The fraction of sp³-hybridized carbons (Fsp3) is 0.250. The lowest BCUT2D eigenvalue weighted by molar-refractivity contribution is 0.0693. The molecule has 0 atom stereocenters. The molecule has 13 heavy (non-hydrogen) atoms. The van der Waals surface area contributed by atoms with Crippen LogP contribution in [0.2, 0.25) is 0 Å². The lowest BCUT2D eigenvalue weighted by atomic mass is 10.2. The van der Waals surface area contributed by atoms with Gasteiger partial charge in [0.2, 0.25) is 0 Å². The van der Waals surface area contributed by atoms with Gasteiger partial charge in [0, 0.05) is 12.8 Å². The molecule has 0 aliphatic heterocycles. The first-order chi connectivity index (χ1) is 6.13. The third kappa shape index (κ3) is 4.07. The summed E-state index contributed by atoms with van der Waals surface area (Å²) in [7, 11) is 0. The fourth-order valence-electron chi connectivity index (χ4n) is 0.567. The number of aliphatic hydroxyl groups is 1. The molecule has 1 rings (SSSR count). The van der Waals surface area contributed by atoms with Gasteiger partial charge in [-0.05, 0) is 13.0 Å². The molecule has 0 amide bonds. The normalized spacial score (nSPS) is 8.46. The highest BCUT2D eigenvalue weighted by Gasteiger charge is 2.06. The van der Waals surface area contributed by atoms with Crippen molar-refractivity contribution in [2.75, 3.05) is 6.61 Å². The molecule has 0 bridgehead atoms. The van der Waals surface area contributed by atoms with E-state index in [0.717, 1.165) is 6.20 Å². The number of rotatable bonds is 1. The number of hydrogen-bond acceptors (Lipinski definition) is 4. The van der Waals surface area contributed by atoms with Crippen LogP contribution in [0.5, 0.6) is 5.75 Å². The average molecular weight is 185 g/mol. The van der Waals surface area contributed by atoms with E-state index in [1.165, 1.54) is 12.3 Å². The molecular formula is C8H11NO4. The van der Waals surface area contributed by atoms with Crippen molar-refractivity contribution in [2.45, 2.75) is 6.92 Å². The van der Waals surface area contributed by atoms with Crippen LogP contribution in [0.1, 0.15) is 17.3 Å². The first-order valence-electron chi connectivity index (χ1n) is 3.60. The van der Waals surface area contributed by atoms with Gasteiger partial charge in [0.1, 0.15) is 11.3 Å². The summed E-state index contributed by atoms with van der Waals surface area (Å²) in [5.41, 5.74) is -0.130. The second-order valence-electron chi connectivity index (χ2n) is 2.01. The SMILES string of the molecule is CCO.O=C(O)c1ccncc1O. The Morgan fingerprint density at radius 3 is 2.46 bits per heavy atom. The highest BCUT2D eigenvalue weighted by molar-refractivity contribution is 5.90. The molecule has 0 saturated heterocycles. The van der Waals surface area contributed by atoms with Gasteiger partial charge in [0.15, 0.2) is 0 Å². The maximum absolute atomic E-state index is 10.2. The third-order valence-electron chi connectivity index (χ3n) is 1.03. The molecule has 0 unspecified atom stereocenters. The highest BCUT2D eigenvalue weighted by Crippen LogP contribution is 2.12. The van der Waals surface area contributed by atoms with Crippen LogP contribution in [-0.2, 0) is 0 Å². The Balaban J connectivity index is 0.000000424. The molecule has 0 aliphatic rings. The van der Waals surface area contributed by atoms with Gasteiger partial charge in [-0.15, -0.1) is 0 Å². The Labute approximate surface area is 75.3 Å². The van der Waals surface area contributed by atoms with Crippen molar-refractivity contribution >= 4 is 5.97 Å². The maximum Gasteiger partial charge on any atom is 0.339 e. The van der Waals surface area contributed by atoms with Crippen molar-refractivity contribution in [3.8, 4) is 5.75 Å². The molecule has 0 aliphatic carbocycles. The number of pyridine rings is 1. The van der Waals surface area contributed by atoms with E-state index in [1.54, 1.807) is 6.92 Å². The summed E-state index contributed by atoms with van der Waals surface area (Å²) in [6.07, 6.45) is 2.40. The average Bonchev–Trinajstić information content (AvgIpc) is 2.06. The van der Waals surface area contributed by atoms with E-state index >= 15 is 0 Å². The van der Waals surface area contributed by atoms with Crippen molar-refractivity contribution in [1.29, 1.82) is 0 Å². The Bertz CT molecular complexity index is 275. The minimum absolute atomic E-state index is 0.130. The zero-order chi connectivity index (χ0) is 10.3. The molecule has 1 aromatic rings. The first-order valence-corrected chi connectivity index (χ1v) is 3.60. The summed E-state index contributed by atoms with van der Waals surface area (Å²) < 4.78 is 0. The first kappa shape index (κ1) is 11.4. The summed E-state index contributed by atoms with van der Waals surface area (Å²) >= 11 is 0. The van der Waals surface area contributed by atoms with Crippen LogP contribution < -0.4 is 0 Å². The molecule has 3 N–H and O–H groups in total. The Hall–Kier alpha value is -1.62. The number of aromatic hydroxyl groups is 1. The minimum Gasteiger partial charge on any atom is -0.505 e. The smallest absolute Gasteiger partial charge is 0.339 e. The van der Waals surface area contributed by atoms with Crippen molar-refractivity contribution in [3.05, 3.63) is 24.0 Å². The highest BCUT2D eigenvalue weighted by atomic mass is 16.4. The predicted octanol–water partition coefficient (Wildman–Crippen LogP) is 0.484. The van der Waals surface area contributed by atoms with Gasteiger partial charge in [-0.3, -0.25) is 4.98 Å². The van der Waals surface area contributed by atoms with Gasteiger partial charge in [0.05, 0.1) is 6.20 Å². The molecule has 0 radical (unpaired) electrons. The van der Waals surface area contributed by atoms with E-state index in [2.05, 4.69) is 4.98 Å². The van der Waals surface area contributed by atoms with Crippen LogP contribution in [0, 0.1) is 0 Å². The van der Waals surface area contributed by atoms with Gasteiger partial charge in [0.25, 0.3) is 0 Å². The monoisotopic (exact) mass is 185 g/mol. The Morgan fingerprint density at radius 1 is 1.62 bits per heavy atom. The molecule has 1 aromatic heterocycles. The van der Waals surface area contributed by atoms with E-state index in [-0.39, 0.29) is 17.9 Å². The lowest BCUT2D eigenvalue weighted by Crippen LogP contribution is -1.96. The van der Waals surface area contributed by atoms with Crippen LogP contribution in [0.15, 0.2) is 18.5 Å². The van der Waals surface area contributed by atoms with Crippen LogP contribution >= 0.6 is 0 Å². The summed E-state index contributed by atoms with van der Waals surface area (Å²) in [4.78, 5) is 13.7. The molecule has 0 aromatic carbocycles. The number of carboxylic acids is 1. The Morgan fingerprint density at radius 2 is 2.15 bits per heavy atom. The topological polar surface area (TPSA) is 90.7 Å². The summed E-state index contributed by atoms with van der Waals surface area (Å²) in [6.45, 7) is 1.93. The lowest BCUT2D eigenvalue weighted by Gasteiger charge is -1.94. The van der Waals surface area contributed by atoms with Gasteiger partial charge < -0.3 is 15.3 Å². The van der Waals surface area contributed by atoms with E-state index in [0.29, 0.717) is 0 Å². The van der Waals surface area contributed by atoms with E-state index < -0.39 is 5.97 Å². The van der Waals surface area contributed by atoms with Crippen molar-refractivity contribution < 1.29 is 20.1 Å². The van der Waals surface area contributed by atoms with Gasteiger partial charge in [-0.2, -0.15) is 0 Å². The molecule has 0 spiro atoms. The molecule has 72 valence electrons. The zero-order valence-corrected chi connectivity index (χ0v) is 7.14. The number of nitrogens with zero attached hydrogens (tertiary/aromatic N) is 1. The maximum atomic E-state index is 10.2. The van der Waals surface area contributed by atoms with Crippen molar-refractivity contribution in [2.24, 2.45) is 0 Å². The van der Waals surface area contributed by atoms with Gasteiger partial charge >= 0.3 is 5.97 Å². The van der Waals surface area contributed by atoms with E-state index in [4.69, 9.17) is 15.3 Å². The third-order valence-corrected chi connectivity index (χ3v) is 1.03. The summed E-state index contributed by atoms with van der Waals surface area (Å²) in [5, 5.41) is 24.8. The van der Waals surface area contributed by atoms with Gasteiger partial charge in [-0.25, -0.2) is 4.79 Å². The van der Waals surface area contributed by atoms with E-state index in [9.17, 15) is 4.79 Å². The van der Waals surface area contributed by atoms with Crippen LogP contribution in [0.3, 0.4) is 0 Å². The van der Waals surface area contributed by atoms with Crippen LogP contribution in [0.4, 0.5) is 0 Å². The number of aromatic nitrogens is 1. The number of aliphatic hydroxyl groups excluding tert-OH is 1. The number of carboxylic acid groups (broad SMARTS) is 1. The molecule has 0 fully saturated rings. The molecular weight excluding hydrogens is 174 g/mol. The molecule has 5 heteroatoms. The number of aromatic carboxylic acids is 1. The Kier molecular flexibility index (Phi) is 5.22. The number of hydrogen-bond donors (Lipinski definition) is 3. The standard InChI is InChI=1S/C6H5NO3.C2H6O/c8-5-3-7-2-1-4(5)6(9)10;1-2-3/h1-3,8H,(H,9,10);3H,2H2,1H3. The molecule has 1 heterocycles. The van der Waals surface area contributed by atoms with E-state index in [1.807, 2.05) is 0 Å². The van der Waals surface area contributed by atoms with Gasteiger partial charge in [-0.1, -0.05) is 0 Å². The largest absolute Gasteiger partial charge is 0.505 e. The van der Waals surface area contributed by atoms with Crippen molar-refractivity contribution in [1.82, 2.24) is 4.98 Å². The molecule has 5 nitrogen and oxygen atoms in total. The zero-order valence-electron chi connectivity index (χ0n) is 7.14. The number of carbonyl (C=O) groups is 1. The molecule has 0 saturated carbocycles. The minimum atomic E-state index is -1.15. The van der Waals surface area contributed by atoms with Crippen molar-refractivity contribution in [3.63, 3.8) is 0 Å². The summed E-state index contributed by atoms with van der Waals surface area (Å²) in [5.74, 6) is -1.46. The summed E-state index contributed by atoms with van der Waals surface area (Å²) in [6, 6.07) is 1.23.